The van der Waals surface area contributed by atoms with Gasteiger partial charge in [-0.1, -0.05) is 11.6 Å². The van der Waals surface area contributed by atoms with E-state index in [1.807, 2.05) is 0 Å². The van der Waals surface area contributed by atoms with Gasteiger partial charge in [-0.15, -0.1) is 11.3 Å². The van der Waals surface area contributed by atoms with Crippen molar-refractivity contribution in [3.05, 3.63) is 32.6 Å². The second-order valence-corrected chi connectivity index (χ2v) is 8.48. The van der Waals surface area contributed by atoms with Gasteiger partial charge in [0.05, 0.1) is 10.4 Å². The van der Waals surface area contributed by atoms with Crippen LogP contribution in [0.3, 0.4) is 0 Å². The minimum atomic E-state index is -1.81. The average Bonchev–Trinajstić information content (AvgIpc) is 3.04. The number of thiophene rings is 1. The van der Waals surface area contributed by atoms with E-state index in [-0.39, 0.29) is 19.4 Å². The fraction of sp³-hybridized carbons (Fsp3) is 0.526. The molecule has 3 atom stereocenters. The van der Waals surface area contributed by atoms with Gasteiger partial charge in [-0.25, -0.2) is 4.79 Å². The van der Waals surface area contributed by atoms with Gasteiger partial charge in [0.15, 0.2) is 0 Å². The molecule has 0 fully saturated rings. The number of rotatable bonds is 8. The third-order valence-corrected chi connectivity index (χ3v) is 6.83. The largest absolute Gasteiger partial charge is 0.481 e. The number of hydrogen-bond donors (Lipinski definition) is 3. The fourth-order valence-electron chi connectivity index (χ4n) is 4.20. The van der Waals surface area contributed by atoms with Crippen LogP contribution in [0.25, 0.3) is 0 Å². The van der Waals surface area contributed by atoms with Crippen LogP contribution in [0.4, 0.5) is 0 Å². The lowest BCUT2D eigenvalue weighted by Gasteiger charge is -2.53. The van der Waals surface area contributed by atoms with Crippen molar-refractivity contribution in [1.29, 1.82) is 5.26 Å². The molecule has 3 N–H and O–H groups in total. The van der Waals surface area contributed by atoms with Crippen molar-refractivity contribution in [1.82, 2.24) is 5.32 Å². The first-order valence-corrected chi connectivity index (χ1v) is 9.96. The van der Waals surface area contributed by atoms with Crippen LogP contribution in [-0.2, 0) is 14.3 Å². The highest BCUT2D eigenvalue weighted by atomic mass is 35.5. The Labute approximate surface area is 172 Å². The maximum atomic E-state index is 12.8. The van der Waals surface area contributed by atoms with Crippen molar-refractivity contribution in [2.24, 2.45) is 5.41 Å². The highest BCUT2D eigenvalue weighted by molar-refractivity contribution is 7.14. The number of ether oxygens (including phenoxy) is 1. The predicted octanol–water partition coefficient (Wildman–Crippen LogP) is 3.62. The Balaban J connectivity index is 2.89. The molecule has 2 rings (SSSR count). The van der Waals surface area contributed by atoms with Crippen LogP contribution in [-0.4, -0.2) is 41.4 Å². The normalized spacial score (nSPS) is 27.2. The molecule has 0 aromatic carbocycles. The molecule has 1 aliphatic rings. The average molecular weight is 427 g/mol. The third-order valence-electron chi connectivity index (χ3n) is 5.63. The number of carboxylic acids is 2. The van der Waals surface area contributed by atoms with Gasteiger partial charge >= 0.3 is 11.9 Å². The van der Waals surface area contributed by atoms with Gasteiger partial charge in [-0.2, -0.15) is 5.26 Å². The summed E-state index contributed by atoms with van der Waals surface area (Å²) in [5, 5.41) is 34.2. The summed E-state index contributed by atoms with van der Waals surface area (Å²) in [6, 6.07) is 3.81. The molecule has 1 aromatic rings. The number of aliphatic carboxylic acids is 2. The number of carboxylic acid groups (broad SMARTS) is 2. The molecule has 2 heterocycles. The Morgan fingerprint density at radius 1 is 1.43 bits per heavy atom. The van der Waals surface area contributed by atoms with E-state index in [2.05, 4.69) is 11.4 Å². The summed E-state index contributed by atoms with van der Waals surface area (Å²) in [5.41, 5.74) is -1.79. The Morgan fingerprint density at radius 2 is 2.11 bits per heavy atom. The van der Waals surface area contributed by atoms with E-state index in [9.17, 15) is 19.8 Å². The van der Waals surface area contributed by atoms with E-state index in [1.54, 1.807) is 18.4 Å². The highest BCUT2D eigenvalue weighted by Crippen LogP contribution is 2.57. The van der Waals surface area contributed by atoms with Crippen molar-refractivity contribution in [2.75, 3.05) is 13.7 Å². The van der Waals surface area contributed by atoms with Crippen molar-refractivity contribution in [3.8, 4) is 6.07 Å². The molecule has 0 saturated heterocycles. The first-order valence-electron chi connectivity index (χ1n) is 8.70. The van der Waals surface area contributed by atoms with E-state index >= 15 is 0 Å². The SMILES string of the molecule is COCCC1(C(=O)O)C(c2ccsc2Cl)C(CCC#N)=C(C)NC1(C)C(=O)O. The van der Waals surface area contributed by atoms with Crippen LogP contribution in [0.5, 0.6) is 0 Å². The molecule has 0 saturated carbocycles. The molecule has 0 radical (unpaired) electrons. The second-order valence-electron chi connectivity index (χ2n) is 6.97. The predicted molar refractivity (Wildman–Crippen MR) is 105 cm³/mol. The van der Waals surface area contributed by atoms with Gasteiger partial charge in [0, 0.05) is 31.8 Å². The first kappa shape index (κ1) is 22.2. The highest BCUT2D eigenvalue weighted by Gasteiger charge is 2.66. The van der Waals surface area contributed by atoms with Gasteiger partial charge in [0.25, 0.3) is 0 Å². The van der Waals surface area contributed by atoms with Crippen LogP contribution in [0.2, 0.25) is 4.34 Å². The summed E-state index contributed by atoms with van der Waals surface area (Å²) in [7, 11) is 1.44. The number of halogens is 1. The number of hydrogen-bond acceptors (Lipinski definition) is 6. The molecule has 7 nitrogen and oxygen atoms in total. The molecule has 0 spiro atoms. The lowest BCUT2D eigenvalue weighted by Crippen LogP contribution is -2.69. The van der Waals surface area contributed by atoms with Crippen LogP contribution in [0.1, 0.15) is 44.6 Å². The lowest BCUT2D eigenvalue weighted by molar-refractivity contribution is -0.170. The van der Waals surface area contributed by atoms with Gasteiger partial charge < -0.3 is 20.3 Å². The van der Waals surface area contributed by atoms with Gasteiger partial charge in [-0.3, -0.25) is 4.79 Å². The van der Waals surface area contributed by atoms with E-state index in [0.717, 1.165) is 0 Å². The zero-order chi connectivity index (χ0) is 21.1. The number of carbonyl (C=O) groups is 2. The van der Waals surface area contributed by atoms with Crippen LogP contribution in [0, 0.1) is 16.7 Å². The number of nitrogens with zero attached hydrogens (tertiary/aromatic N) is 1. The maximum Gasteiger partial charge on any atom is 0.330 e. The van der Waals surface area contributed by atoms with Crippen molar-refractivity contribution in [3.63, 3.8) is 0 Å². The molecule has 1 aromatic heterocycles. The molecule has 1 aliphatic heterocycles. The van der Waals surface area contributed by atoms with E-state index < -0.39 is 28.8 Å². The summed E-state index contributed by atoms with van der Waals surface area (Å²) in [5.74, 6) is -3.34. The summed E-state index contributed by atoms with van der Waals surface area (Å²) in [6.45, 7) is 3.15. The maximum absolute atomic E-state index is 12.8. The molecule has 28 heavy (non-hydrogen) atoms. The van der Waals surface area contributed by atoms with E-state index in [1.165, 1.54) is 25.4 Å². The van der Waals surface area contributed by atoms with E-state index in [0.29, 0.717) is 27.6 Å². The molecule has 9 heteroatoms. The summed E-state index contributed by atoms with van der Waals surface area (Å²) >= 11 is 7.65. The molecule has 0 aliphatic carbocycles. The zero-order valence-corrected chi connectivity index (χ0v) is 17.5. The zero-order valence-electron chi connectivity index (χ0n) is 15.9. The van der Waals surface area contributed by atoms with Gasteiger partial charge in [0.2, 0.25) is 0 Å². The number of methoxy groups -OCH3 is 1. The number of allylic oxidation sites excluding steroid dienone is 2. The molecule has 0 bridgehead atoms. The topological polar surface area (TPSA) is 120 Å². The third kappa shape index (κ3) is 3.39. The number of nitrogens with one attached hydrogen (secondary N) is 1. The standard InChI is InChI=1S/C19H23ClN2O5S/c1-11-12(5-4-8-21)14(13-6-10-28-15(13)20)19(17(25)26,7-9-27-3)18(2,22-11)16(23)24/h6,10,14,22H,4-5,7,9H2,1-3H3,(H,23,24)(H,25,26). The smallest absolute Gasteiger partial charge is 0.330 e. The molecular formula is C19H23ClN2O5S. The van der Waals surface area contributed by atoms with Crippen molar-refractivity contribution >= 4 is 34.9 Å². The Hall–Kier alpha value is -2.08. The second kappa shape index (κ2) is 8.52. The molecule has 0 amide bonds. The Kier molecular flexibility index (Phi) is 6.75. The Bertz CT molecular complexity index is 846. The van der Waals surface area contributed by atoms with Gasteiger partial charge in [-0.05, 0) is 49.3 Å². The minimum absolute atomic E-state index is 0.0468. The summed E-state index contributed by atoms with van der Waals surface area (Å²) in [6.07, 6.45) is 0.440. The molecular weight excluding hydrogens is 404 g/mol. The number of nitriles is 1. The lowest BCUT2D eigenvalue weighted by atomic mass is 9.54. The molecule has 152 valence electrons. The van der Waals surface area contributed by atoms with E-state index in [4.69, 9.17) is 21.6 Å². The summed E-state index contributed by atoms with van der Waals surface area (Å²) in [4.78, 5) is 25.1. The fourth-order valence-corrected chi connectivity index (χ4v) is 5.18. The van der Waals surface area contributed by atoms with Crippen LogP contribution in [0.15, 0.2) is 22.7 Å². The van der Waals surface area contributed by atoms with Crippen molar-refractivity contribution < 1.29 is 24.5 Å². The van der Waals surface area contributed by atoms with Crippen molar-refractivity contribution in [2.45, 2.75) is 44.6 Å². The van der Waals surface area contributed by atoms with Crippen LogP contribution >= 0.6 is 22.9 Å². The Morgan fingerprint density at radius 3 is 2.57 bits per heavy atom. The molecule has 3 unspecified atom stereocenters. The van der Waals surface area contributed by atoms with Crippen LogP contribution < -0.4 is 5.32 Å². The van der Waals surface area contributed by atoms with Gasteiger partial charge in [0.1, 0.15) is 11.0 Å². The quantitative estimate of drug-likeness (QED) is 0.580. The summed E-state index contributed by atoms with van der Waals surface area (Å²) < 4.78 is 5.56. The first-order chi connectivity index (χ1) is 13.2. The monoisotopic (exact) mass is 426 g/mol. The minimum Gasteiger partial charge on any atom is -0.481 e.